The van der Waals surface area contributed by atoms with Crippen LogP contribution in [0, 0.1) is 0 Å². The third-order valence-corrected chi connectivity index (χ3v) is 6.09. The average Bonchev–Trinajstić information content (AvgIpc) is 3.40. The van der Waals surface area contributed by atoms with Crippen LogP contribution in [0.4, 0.5) is 10.5 Å². The van der Waals surface area contributed by atoms with Crippen molar-refractivity contribution in [1.82, 2.24) is 15.1 Å². The fourth-order valence-corrected chi connectivity index (χ4v) is 4.30. The van der Waals surface area contributed by atoms with Gasteiger partial charge in [-0.25, -0.2) is 4.79 Å². The number of aromatic nitrogens is 2. The minimum atomic E-state index is -0.654. The van der Waals surface area contributed by atoms with E-state index in [2.05, 4.69) is 19.9 Å². The molecular formula is C24H26N4O8. The largest absolute Gasteiger partial charge is 0.469 e. The number of benzene rings is 1. The second kappa shape index (κ2) is 10.6. The van der Waals surface area contributed by atoms with Crippen LogP contribution in [-0.4, -0.2) is 73.0 Å². The number of methoxy groups -OCH3 is 2. The van der Waals surface area contributed by atoms with Crippen LogP contribution in [0.1, 0.15) is 35.2 Å². The summed E-state index contributed by atoms with van der Waals surface area (Å²) in [6.07, 6.45) is 1.94. The quantitative estimate of drug-likeness (QED) is 0.338. The zero-order valence-corrected chi connectivity index (χ0v) is 19.9. The molecule has 1 N–H and O–H groups in total. The van der Waals surface area contributed by atoms with Crippen LogP contribution in [0.15, 0.2) is 24.4 Å². The summed E-state index contributed by atoms with van der Waals surface area (Å²) < 4.78 is 15.7. The summed E-state index contributed by atoms with van der Waals surface area (Å²) in [6, 6.07) is 5.47. The normalized spacial score (nSPS) is 16.3. The zero-order chi connectivity index (χ0) is 25.8. The minimum Gasteiger partial charge on any atom is -0.469 e. The number of amides is 2. The van der Waals surface area contributed by atoms with Gasteiger partial charge in [0.1, 0.15) is 18.9 Å². The average molecular weight is 498 g/mol. The van der Waals surface area contributed by atoms with Crippen molar-refractivity contribution in [1.29, 1.82) is 0 Å². The van der Waals surface area contributed by atoms with E-state index < -0.39 is 48.8 Å². The molecule has 2 aromatic rings. The topological polar surface area (TPSA) is 146 Å². The lowest BCUT2D eigenvalue weighted by atomic mass is 10.0. The molecule has 12 nitrogen and oxygen atoms in total. The summed E-state index contributed by atoms with van der Waals surface area (Å²) in [4.78, 5) is 61.3. The molecule has 0 radical (unpaired) electrons. The summed E-state index contributed by atoms with van der Waals surface area (Å²) in [5.74, 6) is -2.30. The maximum absolute atomic E-state index is 12.7. The molecule has 36 heavy (non-hydrogen) atoms. The van der Waals surface area contributed by atoms with Crippen LogP contribution >= 0.6 is 0 Å². The van der Waals surface area contributed by atoms with Gasteiger partial charge in [0, 0.05) is 11.3 Å². The van der Waals surface area contributed by atoms with E-state index in [9.17, 15) is 24.0 Å². The maximum atomic E-state index is 12.7. The highest BCUT2D eigenvalue weighted by molar-refractivity contribution is 5.98. The zero-order valence-electron chi connectivity index (χ0n) is 19.9. The highest BCUT2D eigenvalue weighted by atomic mass is 16.6. The second-order valence-corrected chi connectivity index (χ2v) is 8.45. The molecule has 1 aromatic heterocycles. The number of aryl methyl sites for hydroxylation is 2. The molecule has 1 fully saturated rings. The van der Waals surface area contributed by atoms with E-state index in [1.165, 1.54) is 23.8 Å². The minimum absolute atomic E-state index is 0.0634. The molecule has 0 unspecified atom stereocenters. The number of ether oxygens (including phenoxy) is 3. The van der Waals surface area contributed by atoms with Crippen LogP contribution in [0.25, 0.3) is 11.3 Å². The molecule has 2 amide bonds. The molecule has 0 bridgehead atoms. The fraction of sp³-hybridized carbons (Fsp3) is 0.417. The lowest BCUT2D eigenvalue weighted by Gasteiger charge is -2.17. The third kappa shape index (κ3) is 5.21. The molecule has 1 aliphatic carbocycles. The van der Waals surface area contributed by atoms with E-state index in [1.54, 1.807) is 12.3 Å². The van der Waals surface area contributed by atoms with Crippen molar-refractivity contribution in [3.05, 3.63) is 35.5 Å². The molecule has 0 spiro atoms. The van der Waals surface area contributed by atoms with Gasteiger partial charge in [0.25, 0.3) is 5.91 Å². The predicted molar refractivity (Wildman–Crippen MR) is 124 cm³/mol. The number of nitrogens with zero attached hydrogens (tertiary/aromatic N) is 3. The van der Waals surface area contributed by atoms with Crippen LogP contribution in [0.3, 0.4) is 0 Å². The Morgan fingerprint density at radius 1 is 1.08 bits per heavy atom. The molecule has 2 heterocycles. The van der Waals surface area contributed by atoms with Crippen molar-refractivity contribution < 1.29 is 38.2 Å². The summed E-state index contributed by atoms with van der Waals surface area (Å²) in [6.45, 7) is 0.283. The van der Waals surface area contributed by atoms with Crippen LogP contribution in [-0.2, 0) is 41.4 Å². The van der Waals surface area contributed by atoms with Crippen LogP contribution in [0.2, 0.25) is 0 Å². The summed E-state index contributed by atoms with van der Waals surface area (Å²) in [7, 11) is 2.42. The Labute approximate surface area is 206 Å². The summed E-state index contributed by atoms with van der Waals surface area (Å²) in [5.41, 5.74) is 3.90. The molecule has 1 aromatic carbocycles. The van der Waals surface area contributed by atoms with Gasteiger partial charge in [-0.2, -0.15) is 9.78 Å². The maximum Gasteiger partial charge on any atom is 0.414 e. The number of carbonyl (C=O) groups is 5. The van der Waals surface area contributed by atoms with Crippen molar-refractivity contribution in [3.63, 3.8) is 0 Å². The third-order valence-electron chi connectivity index (χ3n) is 6.09. The number of nitrogens with one attached hydrogen (secondary N) is 1. The Kier molecular flexibility index (Phi) is 7.32. The Morgan fingerprint density at radius 3 is 2.56 bits per heavy atom. The first-order valence-electron chi connectivity index (χ1n) is 11.4. The number of hydrogen-bond acceptors (Lipinski definition) is 9. The van der Waals surface area contributed by atoms with Gasteiger partial charge in [-0.1, -0.05) is 6.07 Å². The summed E-state index contributed by atoms with van der Waals surface area (Å²) >= 11 is 0. The first-order valence-corrected chi connectivity index (χ1v) is 11.4. The van der Waals surface area contributed by atoms with E-state index in [0.717, 1.165) is 29.5 Å². The van der Waals surface area contributed by atoms with E-state index in [4.69, 9.17) is 4.74 Å². The fourth-order valence-electron chi connectivity index (χ4n) is 4.30. The molecule has 12 heteroatoms. The molecule has 190 valence electrons. The highest BCUT2D eigenvalue weighted by Gasteiger charge is 2.33. The molecule has 1 saturated heterocycles. The standard InChI is InChI=1S/C24H26N4O8/c1-34-21(31)9-19(29)25-12-17-13-27(24(33)36-17)16-6-7-18-14(8-16)4-3-5-15-11-26-28(23(15)18)20(30)10-22(32)35-2/h6-8,11,17H,3-5,9-10,12-13H2,1-2H3,(H,25,29)/t17-/m0/s1. The van der Waals surface area contributed by atoms with Crippen molar-refractivity contribution >= 4 is 35.5 Å². The van der Waals surface area contributed by atoms with E-state index in [-0.39, 0.29) is 13.1 Å². The Morgan fingerprint density at radius 2 is 1.81 bits per heavy atom. The Hall–Kier alpha value is -4.22. The number of esters is 2. The van der Waals surface area contributed by atoms with E-state index in [1.807, 2.05) is 12.1 Å². The number of fused-ring (bicyclic) bond motifs is 3. The molecule has 2 aliphatic rings. The van der Waals surface area contributed by atoms with Gasteiger partial charge in [0.05, 0.1) is 39.2 Å². The first-order chi connectivity index (χ1) is 17.3. The number of anilines is 1. The molecular weight excluding hydrogens is 472 g/mol. The van der Waals surface area contributed by atoms with Crippen molar-refractivity contribution in [2.24, 2.45) is 0 Å². The molecule has 1 atom stereocenters. The lowest BCUT2D eigenvalue weighted by Crippen LogP contribution is -2.35. The van der Waals surface area contributed by atoms with Crippen molar-refractivity contribution in [2.45, 2.75) is 38.2 Å². The van der Waals surface area contributed by atoms with Crippen LogP contribution < -0.4 is 10.2 Å². The smallest absolute Gasteiger partial charge is 0.414 e. The van der Waals surface area contributed by atoms with E-state index >= 15 is 0 Å². The van der Waals surface area contributed by atoms with Gasteiger partial charge in [-0.3, -0.25) is 24.1 Å². The van der Waals surface area contributed by atoms with Crippen LogP contribution in [0.5, 0.6) is 0 Å². The Balaban J connectivity index is 1.51. The number of rotatable bonds is 7. The highest BCUT2D eigenvalue weighted by Crippen LogP contribution is 2.35. The molecule has 4 rings (SSSR count). The van der Waals surface area contributed by atoms with E-state index in [0.29, 0.717) is 17.8 Å². The van der Waals surface area contributed by atoms with Gasteiger partial charge >= 0.3 is 18.0 Å². The SMILES string of the molecule is COC(=O)CC(=O)NC[C@H]1CN(c2ccc3c(c2)CCCc2cnn(C(=O)CC(=O)OC)c2-3)C(=O)O1. The number of cyclic esters (lactones) is 1. The van der Waals surface area contributed by atoms with Gasteiger partial charge in [-0.15, -0.1) is 0 Å². The number of carbonyl (C=O) groups excluding carboxylic acids is 5. The Bertz CT molecular complexity index is 1220. The summed E-state index contributed by atoms with van der Waals surface area (Å²) in [5, 5.41) is 6.78. The van der Waals surface area contributed by atoms with Gasteiger partial charge in [-0.05, 0) is 42.5 Å². The van der Waals surface area contributed by atoms with Crippen molar-refractivity contribution in [2.75, 3.05) is 32.2 Å². The molecule has 0 saturated carbocycles. The van der Waals surface area contributed by atoms with Gasteiger partial charge < -0.3 is 19.5 Å². The predicted octanol–water partition coefficient (Wildman–Crippen LogP) is 1.25. The van der Waals surface area contributed by atoms with Gasteiger partial charge in [0.2, 0.25) is 5.91 Å². The van der Waals surface area contributed by atoms with Crippen molar-refractivity contribution in [3.8, 4) is 11.3 Å². The van der Waals surface area contributed by atoms with Gasteiger partial charge in [0.15, 0.2) is 0 Å². The second-order valence-electron chi connectivity index (χ2n) is 8.45. The monoisotopic (exact) mass is 498 g/mol. The molecule has 1 aliphatic heterocycles. The first kappa shape index (κ1) is 24.9. The number of hydrogen-bond donors (Lipinski definition) is 1. The lowest BCUT2D eigenvalue weighted by molar-refractivity contribution is -0.144.